The van der Waals surface area contributed by atoms with Crippen LogP contribution in [0.3, 0.4) is 0 Å². The zero-order valence-corrected chi connectivity index (χ0v) is 32.5. The van der Waals surface area contributed by atoms with Gasteiger partial charge in [-0.2, -0.15) is 0 Å². The molecule has 0 aliphatic carbocycles. The minimum Gasteiger partial charge on any atom is -0.338 e. The maximum Gasteiger partial charge on any atom is 0.225 e. The molecular formula is C32H43Cl5F2N12. The second-order valence-corrected chi connectivity index (χ2v) is 13.7. The van der Waals surface area contributed by atoms with Crippen LogP contribution < -0.4 is 15.1 Å². The molecule has 0 aromatic carbocycles. The van der Waals surface area contributed by atoms with E-state index in [9.17, 15) is 8.78 Å². The fourth-order valence-corrected chi connectivity index (χ4v) is 6.60. The summed E-state index contributed by atoms with van der Waals surface area (Å²) >= 11 is 29.3. The van der Waals surface area contributed by atoms with Crippen LogP contribution in [-0.4, -0.2) is 109 Å². The van der Waals surface area contributed by atoms with Gasteiger partial charge in [-0.3, -0.25) is 4.90 Å². The van der Waals surface area contributed by atoms with Crippen LogP contribution in [0.15, 0.2) is 24.8 Å². The summed E-state index contributed by atoms with van der Waals surface area (Å²) < 4.78 is 29.2. The Hall–Kier alpha value is -2.59. The van der Waals surface area contributed by atoms with E-state index in [-0.39, 0.29) is 5.82 Å². The lowest BCUT2D eigenvalue weighted by Crippen LogP contribution is -2.47. The van der Waals surface area contributed by atoms with Crippen LogP contribution >= 0.6 is 58.0 Å². The highest BCUT2D eigenvalue weighted by atomic mass is 35.5. The first-order valence-electron chi connectivity index (χ1n) is 16.8. The minimum absolute atomic E-state index is 0.373. The molecular weight excluding hydrogens is 768 g/mol. The SMILES string of the molecule is Cc1nc(Cl)c(Cl)n1CCCCCl.Cc1nc(Cl)c(Cl)n1CCCCN1CCN(c2ncc(F)cn2)CC1.Fc1cnc(N2CCNCC2)nc1. The van der Waals surface area contributed by atoms with Gasteiger partial charge in [-0.25, -0.2) is 38.7 Å². The van der Waals surface area contributed by atoms with E-state index in [0.29, 0.717) is 38.4 Å². The number of anilines is 2. The summed E-state index contributed by atoms with van der Waals surface area (Å²) in [5, 5.41) is 5.02. The Morgan fingerprint density at radius 3 is 1.43 bits per heavy atom. The minimum atomic E-state index is -0.406. The summed E-state index contributed by atoms with van der Waals surface area (Å²) in [5.41, 5.74) is 0. The third-order valence-electron chi connectivity index (χ3n) is 8.26. The lowest BCUT2D eigenvalue weighted by molar-refractivity contribution is 0.250. The average Bonchev–Trinajstić information content (AvgIpc) is 3.53. The number of hydrogen-bond donors (Lipinski definition) is 1. The fourth-order valence-electron chi connectivity index (χ4n) is 5.47. The molecule has 12 nitrogen and oxygen atoms in total. The molecule has 0 amide bonds. The van der Waals surface area contributed by atoms with Crippen molar-refractivity contribution in [2.45, 2.75) is 52.6 Å². The number of nitrogens with one attached hydrogen (secondary N) is 1. The standard InChI is InChI=1S/C16H21Cl2FN6.C8H11Cl3N2.C8H11FN4/c1-12-22-14(17)15(18)25(12)5-3-2-4-23-6-8-24(9-7-23)16-20-10-13(19)11-21-16;1-6-12-7(10)8(11)13(6)5-3-2-4-9;9-7-5-11-8(12-6-7)13-3-1-10-2-4-13/h10-11H,2-9H2,1H3;2-5H2,1H3;5-6,10H,1-4H2. The number of aromatic nitrogens is 8. The van der Waals surface area contributed by atoms with Gasteiger partial charge in [0.15, 0.2) is 21.9 Å². The van der Waals surface area contributed by atoms with E-state index in [4.69, 9.17) is 58.0 Å². The van der Waals surface area contributed by atoms with E-state index in [1.807, 2.05) is 27.9 Å². The normalized spacial score (nSPS) is 14.9. The number of imidazole rings is 2. The molecule has 51 heavy (non-hydrogen) atoms. The number of unbranched alkanes of at least 4 members (excludes halogenated alkanes) is 2. The highest BCUT2D eigenvalue weighted by Gasteiger charge is 2.19. The van der Waals surface area contributed by atoms with E-state index in [1.54, 1.807) is 0 Å². The Morgan fingerprint density at radius 1 is 0.608 bits per heavy atom. The van der Waals surface area contributed by atoms with Gasteiger partial charge in [0.25, 0.3) is 0 Å². The highest BCUT2D eigenvalue weighted by Crippen LogP contribution is 2.24. The number of rotatable bonds is 11. The summed E-state index contributed by atoms with van der Waals surface area (Å²) in [6.45, 7) is 13.7. The van der Waals surface area contributed by atoms with E-state index >= 15 is 0 Å². The van der Waals surface area contributed by atoms with E-state index in [0.717, 1.165) is 109 Å². The van der Waals surface area contributed by atoms with Gasteiger partial charge in [-0.05, 0) is 46.1 Å². The molecule has 2 aliphatic heterocycles. The fraction of sp³-hybridized carbons (Fsp3) is 0.562. The predicted molar refractivity (Wildman–Crippen MR) is 201 cm³/mol. The summed E-state index contributed by atoms with van der Waals surface area (Å²) in [4.78, 5) is 30.7. The van der Waals surface area contributed by atoms with Crippen LogP contribution in [-0.2, 0) is 13.1 Å². The summed E-state index contributed by atoms with van der Waals surface area (Å²) in [6, 6.07) is 0. The van der Waals surface area contributed by atoms with E-state index < -0.39 is 5.82 Å². The molecule has 4 aromatic rings. The van der Waals surface area contributed by atoms with Crippen LogP contribution in [0.4, 0.5) is 20.7 Å². The summed E-state index contributed by atoms with van der Waals surface area (Å²) in [5.74, 6) is 2.80. The Bertz CT molecular complexity index is 1610. The molecule has 6 heterocycles. The molecule has 0 unspecified atom stereocenters. The van der Waals surface area contributed by atoms with Gasteiger partial charge >= 0.3 is 0 Å². The van der Waals surface area contributed by atoms with Gasteiger partial charge < -0.3 is 24.3 Å². The molecule has 2 aliphatic rings. The number of hydrogen-bond acceptors (Lipinski definition) is 10. The van der Waals surface area contributed by atoms with Gasteiger partial charge in [0.2, 0.25) is 11.9 Å². The second-order valence-electron chi connectivity index (χ2n) is 11.9. The molecule has 1 N–H and O–H groups in total. The van der Waals surface area contributed by atoms with Crippen LogP contribution in [0, 0.1) is 25.5 Å². The molecule has 0 radical (unpaired) electrons. The lowest BCUT2D eigenvalue weighted by atomic mass is 10.2. The van der Waals surface area contributed by atoms with Crippen LogP contribution in [0.25, 0.3) is 0 Å². The molecule has 2 saturated heterocycles. The van der Waals surface area contributed by atoms with Crippen molar-refractivity contribution in [3.05, 3.63) is 68.7 Å². The Kier molecular flexibility index (Phi) is 17.1. The molecule has 6 rings (SSSR count). The van der Waals surface area contributed by atoms with Crippen LogP contribution in [0.5, 0.6) is 0 Å². The van der Waals surface area contributed by atoms with Crippen LogP contribution in [0.2, 0.25) is 20.6 Å². The molecule has 280 valence electrons. The number of halogens is 7. The van der Waals surface area contributed by atoms with Crippen molar-refractivity contribution in [1.29, 1.82) is 0 Å². The second kappa shape index (κ2) is 21.2. The van der Waals surface area contributed by atoms with Crippen molar-refractivity contribution in [2.75, 3.05) is 74.6 Å². The molecule has 4 aromatic heterocycles. The van der Waals surface area contributed by atoms with Gasteiger partial charge in [0, 0.05) is 71.3 Å². The maximum atomic E-state index is 12.9. The van der Waals surface area contributed by atoms with E-state index in [1.165, 1.54) is 24.8 Å². The maximum absolute atomic E-state index is 12.9. The number of alkyl halides is 1. The first kappa shape index (κ1) is 41.2. The quantitative estimate of drug-likeness (QED) is 0.132. The Balaban J connectivity index is 0.000000189. The molecule has 0 bridgehead atoms. The van der Waals surface area contributed by atoms with Crippen molar-refractivity contribution in [1.82, 2.24) is 49.3 Å². The van der Waals surface area contributed by atoms with Crippen molar-refractivity contribution >= 4 is 69.9 Å². The molecule has 0 atom stereocenters. The summed E-state index contributed by atoms with van der Waals surface area (Å²) in [7, 11) is 0. The van der Waals surface area contributed by atoms with Crippen molar-refractivity contribution in [3.8, 4) is 0 Å². The Labute approximate surface area is 322 Å². The smallest absolute Gasteiger partial charge is 0.225 e. The lowest BCUT2D eigenvalue weighted by Gasteiger charge is -2.34. The Morgan fingerprint density at radius 2 is 1.02 bits per heavy atom. The van der Waals surface area contributed by atoms with Gasteiger partial charge in [-0.1, -0.05) is 46.4 Å². The highest BCUT2D eigenvalue weighted by molar-refractivity contribution is 6.41. The topological polar surface area (TPSA) is 109 Å². The van der Waals surface area contributed by atoms with Gasteiger partial charge in [-0.15, -0.1) is 11.6 Å². The predicted octanol–water partition coefficient (Wildman–Crippen LogP) is 6.57. The number of nitrogens with zero attached hydrogens (tertiary/aromatic N) is 11. The summed E-state index contributed by atoms with van der Waals surface area (Å²) in [6.07, 6.45) is 8.90. The zero-order chi connectivity index (χ0) is 36.8. The van der Waals surface area contributed by atoms with Crippen molar-refractivity contribution in [3.63, 3.8) is 0 Å². The third kappa shape index (κ3) is 12.8. The average molecular weight is 811 g/mol. The molecule has 2 fully saturated rings. The zero-order valence-electron chi connectivity index (χ0n) is 28.7. The van der Waals surface area contributed by atoms with E-state index in [2.05, 4.69) is 45.0 Å². The van der Waals surface area contributed by atoms with Crippen LogP contribution in [0.1, 0.15) is 37.3 Å². The first-order chi connectivity index (χ1) is 24.6. The first-order valence-corrected chi connectivity index (χ1v) is 18.8. The molecule has 0 spiro atoms. The number of piperazine rings is 2. The van der Waals surface area contributed by atoms with Crippen molar-refractivity contribution in [2.24, 2.45) is 0 Å². The largest absolute Gasteiger partial charge is 0.338 e. The third-order valence-corrected chi connectivity index (χ3v) is 10.0. The molecule has 0 saturated carbocycles. The molecule has 19 heteroatoms. The van der Waals surface area contributed by atoms with Gasteiger partial charge in [0.1, 0.15) is 22.0 Å². The van der Waals surface area contributed by atoms with Crippen molar-refractivity contribution < 1.29 is 8.78 Å². The monoisotopic (exact) mass is 808 g/mol. The number of aryl methyl sites for hydroxylation is 2. The van der Waals surface area contributed by atoms with Gasteiger partial charge in [0.05, 0.1) is 24.8 Å².